The van der Waals surface area contributed by atoms with Crippen molar-refractivity contribution in [2.45, 2.75) is 65.6 Å². The molecule has 0 spiro atoms. The number of nitrogens with one attached hydrogen (secondary N) is 1. The predicted octanol–water partition coefficient (Wildman–Crippen LogP) is 5.53. The molecule has 0 unspecified atom stereocenters. The zero-order chi connectivity index (χ0) is 35.1. The van der Waals surface area contributed by atoms with Gasteiger partial charge in [0.25, 0.3) is 5.91 Å². The van der Waals surface area contributed by atoms with Crippen molar-refractivity contribution in [3.8, 4) is 6.07 Å². The molecule has 2 aromatic carbocycles. The van der Waals surface area contributed by atoms with Gasteiger partial charge in [0.15, 0.2) is 0 Å². The van der Waals surface area contributed by atoms with Crippen LogP contribution in [-0.2, 0) is 17.7 Å². The van der Waals surface area contributed by atoms with E-state index in [2.05, 4.69) is 50.1 Å². The lowest BCUT2D eigenvalue weighted by Gasteiger charge is -2.41. The number of alkyl carbamates (subject to hydrolysis) is 1. The van der Waals surface area contributed by atoms with E-state index in [1.54, 1.807) is 6.07 Å². The number of hydrogen-bond donors (Lipinski definition) is 1. The first kappa shape index (κ1) is 35.6. The highest BCUT2D eigenvalue weighted by atomic mass is 19.1. The van der Waals surface area contributed by atoms with Crippen LogP contribution >= 0.6 is 0 Å². The van der Waals surface area contributed by atoms with E-state index in [-0.39, 0.29) is 17.8 Å². The molecule has 0 saturated carbocycles. The lowest BCUT2D eigenvalue weighted by atomic mass is 9.94. The van der Waals surface area contributed by atoms with Gasteiger partial charge in [-0.15, -0.1) is 0 Å². The molecule has 2 amide bonds. The van der Waals surface area contributed by atoms with Gasteiger partial charge in [-0.3, -0.25) is 9.69 Å². The minimum absolute atomic E-state index is 0.00602. The summed E-state index contributed by atoms with van der Waals surface area (Å²) < 4.78 is 18.9. The average molecular weight is 670 g/mol. The monoisotopic (exact) mass is 669 g/mol. The summed E-state index contributed by atoms with van der Waals surface area (Å²) in [6.07, 6.45) is 2.06. The molecular weight excluding hydrogens is 621 g/mol. The molecule has 2 aliphatic heterocycles. The van der Waals surface area contributed by atoms with E-state index in [9.17, 15) is 19.2 Å². The number of rotatable bonds is 9. The van der Waals surface area contributed by atoms with Crippen molar-refractivity contribution in [3.05, 3.63) is 88.4 Å². The SMILES string of the molecule is Cc1cc(CCCNC(=O)OC(C)(C)C)c(C(=O)N2CCN(c3ccc(F)cn3)C[C@@H]2C)cc1CN1CCN(c2ccccc2C#N)CC1. The van der Waals surface area contributed by atoms with Gasteiger partial charge in [-0.1, -0.05) is 18.2 Å². The van der Waals surface area contributed by atoms with Crippen LogP contribution in [0, 0.1) is 24.1 Å². The normalized spacial score (nSPS) is 17.1. The van der Waals surface area contributed by atoms with Crippen LogP contribution in [0.2, 0.25) is 0 Å². The highest BCUT2D eigenvalue weighted by Gasteiger charge is 2.31. The van der Waals surface area contributed by atoms with Crippen LogP contribution in [0.25, 0.3) is 0 Å². The Morgan fingerprint density at radius 2 is 1.76 bits per heavy atom. The summed E-state index contributed by atoms with van der Waals surface area (Å²) in [4.78, 5) is 39.5. The van der Waals surface area contributed by atoms with Crippen LogP contribution in [0.4, 0.5) is 20.7 Å². The fourth-order valence-electron chi connectivity index (χ4n) is 6.58. The summed E-state index contributed by atoms with van der Waals surface area (Å²) in [5, 5.41) is 12.4. The fraction of sp³-hybridized carbons (Fsp3) is 0.474. The van der Waals surface area contributed by atoms with Gasteiger partial charge in [0.05, 0.1) is 17.4 Å². The van der Waals surface area contributed by atoms with Crippen molar-refractivity contribution in [1.29, 1.82) is 5.26 Å². The zero-order valence-electron chi connectivity index (χ0n) is 29.3. The molecule has 3 heterocycles. The molecule has 2 fully saturated rings. The number of nitrogens with zero attached hydrogens (tertiary/aromatic N) is 6. The second kappa shape index (κ2) is 15.7. The first-order chi connectivity index (χ1) is 23.4. The van der Waals surface area contributed by atoms with Gasteiger partial charge in [0.2, 0.25) is 0 Å². The Hall–Kier alpha value is -4.69. The molecule has 10 nitrogen and oxygen atoms in total. The first-order valence-electron chi connectivity index (χ1n) is 17.1. The van der Waals surface area contributed by atoms with Gasteiger partial charge in [0.1, 0.15) is 23.3 Å². The van der Waals surface area contributed by atoms with Gasteiger partial charge in [-0.25, -0.2) is 14.2 Å². The van der Waals surface area contributed by atoms with Crippen LogP contribution < -0.4 is 15.1 Å². The number of benzene rings is 2. The van der Waals surface area contributed by atoms with Crippen LogP contribution in [0.5, 0.6) is 0 Å². The van der Waals surface area contributed by atoms with E-state index in [0.717, 1.165) is 55.1 Å². The maximum atomic E-state index is 14.3. The van der Waals surface area contributed by atoms with E-state index < -0.39 is 11.7 Å². The minimum atomic E-state index is -0.572. The molecule has 5 rings (SSSR count). The number of aryl methyl sites for hydroxylation is 2. The summed E-state index contributed by atoms with van der Waals surface area (Å²) in [6.45, 7) is 15.8. The number of para-hydroxylation sites is 1. The van der Waals surface area contributed by atoms with Crippen LogP contribution in [0.15, 0.2) is 54.7 Å². The number of hydrogen-bond acceptors (Lipinski definition) is 8. The summed E-state index contributed by atoms with van der Waals surface area (Å²) in [6, 6.07) is 17.3. The van der Waals surface area contributed by atoms with Crippen molar-refractivity contribution in [3.63, 3.8) is 0 Å². The summed E-state index contributed by atoms with van der Waals surface area (Å²) in [7, 11) is 0. The van der Waals surface area contributed by atoms with Gasteiger partial charge in [-0.05, 0) is 94.5 Å². The molecule has 1 N–H and O–H groups in total. The lowest BCUT2D eigenvalue weighted by Crippen LogP contribution is -2.54. The summed E-state index contributed by atoms with van der Waals surface area (Å²) in [5.41, 5.74) is 5.00. The summed E-state index contributed by atoms with van der Waals surface area (Å²) in [5.74, 6) is 0.321. The second-order valence-corrected chi connectivity index (χ2v) is 14.0. The third kappa shape index (κ3) is 9.27. The van der Waals surface area contributed by atoms with E-state index >= 15 is 0 Å². The Morgan fingerprint density at radius 3 is 2.43 bits per heavy atom. The number of aromatic nitrogens is 1. The first-order valence-corrected chi connectivity index (χ1v) is 17.1. The minimum Gasteiger partial charge on any atom is -0.444 e. The van der Waals surface area contributed by atoms with Crippen molar-refractivity contribution in [2.24, 2.45) is 0 Å². The molecule has 2 aliphatic rings. The highest BCUT2D eigenvalue weighted by molar-refractivity contribution is 5.96. The third-order valence-corrected chi connectivity index (χ3v) is 9.14. The number of anilines is 2. The quantitative estimate of drug-likeness (QED) is 0.297. The number of piperazine rings is 2. The number of ether oxygens (including phenoxy) is 1. The van der Waals surface area contributed by atoms with E-state index in [4.69, 9.17) is 4.74 Å². The molecular formula is C38H48FN7O3. The molecule has 0 aliphatic carbocycles. The van der Waals surface area contributed by atoms with Crippen LogP contribution in [0.1, 0.15) is 66.7 Å². The van der Waals surface area contributed by atoms with Crippen molar-refractivity contribution in [1.82, 2.24) is 20.1 Å². The molecule has 0 bridgehead atoms. The second-order valence-electron chi connectivity index (χ2n) is 14.0. The number of carbonyl (C=O) groups is 2. The maximum absolute atomic E-state index is 14.3. The predicted molar refractivity (Wildman–Crippen MR) is 189 cm³/mol. The Labute approximate surface area is 289 Å². The van der Waals surface area contributed by atoms with Crippen molar-refractivity contribution >= 4 is 23.5 Å². The Bertz CT molecular complexity index is 1660. The van der Waals surface area contributed by atoms with E-state index in [1.807, 2.05) is 56.9 Å². The van der Waals surface area contributed by atoms with Crippen LogP contribution in [-0.4, -0.2) is 90.8 Å². The molecule has 3 aromatic rings. The maximum Gasteiger partial charge on any atom is 0.407 e. The highest BCUT2D eigenvalue weighted by Crippen LogP contribution is 2.26. The van der Waals surface area contributed by atoms with Gasteiger partial charge in [0, 0.05) is 70.5 Å². The van der Waals surface area contributed by atoms with Gasteiger partial charge < -0.3 is 24.8 Å². The van der Waals surface area contributed by atoms with Crippen molar-refractivity contribution in [2.75, 3.05) is 62.2 Å². The Kier molecular flexibility index (Phi) is 11.4. The molecule has 2 saturated heterocycles. The van der Waals surface area contributed by atoms with Crippen molar-refractivity contribution < 1.29 is 18.7 Å². The largest absolute Gasteiger partial charge is 0.444 e. The van der Waals surface area contributed by atoms with E-state index in [0.29, 0.717) is 56.0 Å². The average Bonchev–Trinajstić information content (AvgIpc) is 3.07. The standard InChI is InChI=1S/C38H48FN7O3/c1-27-21-29(10-8-14-41-37(48)49-38(3,4)5)33(36(47)46-20-19-45(25-28(46)2)35-13-12-32(39)24-42-35)22-31(27)26-43-15-17-44(18-16-43)34-11-7-6-9-30(34)23-40/h6-7,9,11-13,21-22,24,28H,8,10,14-20,25-26H2,1-5H3,(H,41,48)/t28-/m0/s1. The van der Waals surface area contributed by atoms with Gasteiger partial charge >= 0.3 is 6.09 Å². The number of pyridine rings is 1. The molecule has 1 atom stereocenters. The molecule has 260 valence electrons. The number of carbonyl (C=O) groups excluding carboxylic acids is 2. The van der Waals surface area contributed by atoms with Gasteiger partial charge in [-0.2, -0.15) is 5.26 Å². The number of halogens is 1. The lowest BCUT2D eigenvalue weighted by molar-refractivity contribution is 0.0526. The number of nitriles is 1. The zero-order valence-corrected chi connectivity index (χ0v) is 29.3. The molecule has 49 heavy (non-hydrogen) atoms. The topological polar surface area (TPSA) is 105 Å². The smallest absolute Gasteiger partial charge is 0.407 e. The van der Waals surface area contributed by atoms with E-state index in [1.165, 1.54) is 12.3 Å². The summed E-state index contributed by atoms with van der Waals surface area (Å²) >= 11 is 0. The van der Waals surface area contributed by atoms with Crippen LogP contribution in [0.3, 0.4) is 0 Å². The number of amides is 2. The molecule has 11 heteroatoms. The molecule has 1 aromatic heterocycles. The third-order valence-electron chi connectivity index (χ3n) is 9.14. The molecule has 0 radical (unpaired) electrons. The Balaban J connectivity index is 1.30. The Morgan fingerprint density at radius 1 is 1.02 bits per heavy atom. The fourth-order valence-corrected chi connectivity index (χ4v) is 6.58.